The van der Waals surface area contributed by atoms with Gasteiger partial charge in [-0.1, -0.05) is 18.2 Å². The summed E-state index contributed by atoms with van der Waals surface area (Å²) in [6, 6.07) is 12.2. The van der Waals surface area contributed by atoms with Gasteiger partial charge in [0.25, 0.3) is 0 Å². The van der Waals surface area contributed by atoms with Crippen molar-refractivity contribution >= 4 is 27.8 Å². The maximum atomic E-state index is 11.5. The van der Waals surface area contributed by atoms with Crippen LogP contribution in [0.3, 0.4) is 0 Å². The Morgan fingerprint density at radius 2 is 2.05 bits per heavy atom. The summed E-state index contributed by atoms with van der Waals surface area (Å²) < 4.78 is 0. The standard InChI is InChI=1S/C16H17N3O/c1-2-17-15(20)10-8-11-7-9-13-12-5-3-4-6-14(12)19-16(13)18-11/h3-7,9H,2,8,10H2,1H3,(H,17,20)(H,18,19). The fourth-order valence-corrected chi connectivity index (χ4v) is 2.43. The summed E-state index contributed by atoms with van der Waals surface area (Å²) in [6.45, 7) is 2.60. The van der Waals surface area contributed by atoms with Crippen molar-refractivity contribution in [3.8, 4) is 0 Å². The summed E-state index contributed by atoms with van der Waals surface area (Å²) in [7, 11) is 0. The number of aromatic nitrogens is 2. The van der Waals surface area contributed by atoms with Crippen LogP contribution in [0.1, 0.15) is 19.0 Å². The Morgan fingerprint density at radius 3 is 2.90 bits per heavy atom. The molecule has 0 fully saturated rings. The van der Waals surface area contributed by atoms with Crippen LogP contribution in [0, 0.1) is 0 Å². The SMILES string of the molecule is CCNC(=O)CCc1ccc2c(n1)[nH]c1ccccc12. The highest BCUT2D eigenvalue weighted by Gasteiger charge is 2.07. The summed E-state index contributed by atoms with van der Waals surface area (Å²) in [5.74, 6) is 0.0750. The number of nitrogens with zero attached hydrogens (tertiary/aromatic N) is 1. The van der Waals surface area contributed by atoms with Crippen molar-refractivity contribution in [2.75, 3.05) is 6.54 Å². The van der Waals surface area contributed by atoms with Crippen LogP contribution < -0.4 is 5.32 Å². The summed E-state index contributed by atoms with van der Waals surface area (Å²) in [5.41, 5.74) is 2.92. The minimum Gasteiger partial charge on any atom is -0.356 e. The molecule has 1 aromatic carbocycles. The quantitative estimate of drug-likeness (QED) is 0.763. The molecule has 2 heterocycles. The average Bonchev–Trinajstić information content (AvgIpc) is 2.83. The number of carbonyl (C=O) groups is 1. The fraction of sp³-hybridized carbons (Fsp3) is 0.250. The number of rotatable bonds is 4. The molecule has 0 bridgehead atoms. The van der Waals surface area contributed by atoms with Gasteiger partial charge in [0.2, 0.25) is 5.91 Å². The average molecular weight is 267 g/mol. The Bertz CT molecular complexity index is 761. The second kappa shape index (κ2) is 5.33. The summed E-state index contributed by atoms with van der Waals surface area (Å²) in [6.07, 6.45) is 1.14. The molecule has 2 aromatic heterocycles. The van der Waals surface area contributed by atoms with Crippen LogP contribution in [0.5, 0.6) is 0 Å². The lowest BCUT2D eigenvalue weighted by Crippen LogP contribution is -2.22. The van der Waals surface area contributed by atoms with Gasteiger partial charge in [-0.2, -0.15) is 0 Å². The van der Waals surface area contributed by atoms with Crippen LogP contribution in [0.25, 0.3) is 21.9 Å². The van der Waals surface area contributed by atoms with Crippen molar-refractivity contribution in [2.45, 2.75) is 19.8 Å². The first-order valence-electron chi connectivity index (χ1n) is 6.91. The predicted molar refractivity (Wildman–Crippen MR) is 80.6 cm³/mol. The maximum absolute atomic E-state index is 11.5. The third-order valence-electron chi connectivity index (χ3n) is 3.41. The maximum Gasteiger partial charge on any atom is 0.220 e. The first kappa shape index (κ1) is 12.7. The monoisotopic (exact) mass is 267 g/mol. The molecule has 0 unspecified atom stereocenters. The fourth-order valence-electron chi connectivity index (χ4n) is 2.43. The normalized spacial score (nSPS) is 11.1. The number of hydrogen-bond donors (Lipinski definition) is 2. The van der Waals surface area contributed by atoms with Gasteiger partial charge in [-0.15, -0.1) is 0 Å². The number of pyridine rings is 1. The number of H-pyrrole nitrogens is 1. The number of hydrogen-bond acceptors (Lipinski definition) is 2. The number of benzene rings is 1. The van der Waals surface area contributed by atoms with E-state index < -0.39 is 0 Å². The van der Waals surface area contributed by atoms with Crippen LogP contribution in [0.2, 0.25) is 0 Å². The molecule has 20 heavy (non-hydrogen) atoms. The molecule has 102 valence electrons. The van der Waals surface area contributed by atoms with E-state index in [1.54, 1.807) is 0 Å². The number of amides is 1. The molecule has 1 amide bonds. The summed E-state index contributed by atoms with van der Waals surface area (Å²) in [5, 5.41) is 5.11. The molecule has 0 saturated heterocycles. The van der Waals surface area contributed by atoms with Crippen molar-refractivity contribution < 1.29 is 4.79 Å². The minimum atomic E-state index is 0.0750. The third-order valence-corrected chi connectivity index (χ3v) is 3.41. The zero-order valence-electron chi connectivity index (χ0n) is 11.4. The molecule has 4 nitrogen and oxygen atoms in total. The Labute approximate surface area is 117 Å². The van der Waals surface area contributed by atoms with Gasteiger partial charge in [-0.3, -0.25) is 4.79 Å². The van der Waals surface area contributed by atoms with E-state index in [1.807, 2.05) is 31.2 Å². The van der Waals surface area contributed by atoms with Gasteiger partial charge in [-0.25, -0.2) is 4.98 Å². The smallest absolute Gasteiger partial charge is 0.220 e. The van der Waals surface area contributed by atoms with E-state index in [1.165, 1.54) is 5.39 Å². The van der Waals surface area contributed by atoms with E-state index in [9.17, 15) is 4.79 Å². The van der Waals surface area contributed by atoms with Crippen molar-refractivity contribution in [3.05, 3.63) is 42.1 Å². The molecule has 0 aliphatic rings. The number of fused-ring (bicyclic) bond motifs is 3. The van der Waals surface area contributed by atoms with Gasteiger partial charge in [-0.05, 0) is 31.5 Å². The first-order valence-corrected chi connectivity index (χ1v) is 6.91. The lowest BCUT2D eigenvalue weighted by molar-refractivity contribution is -0.120. The van der Waals surface area contributed by atoms with Crippen molar-refractivity contribution in [2.24, 2.45) is 0 Å². The lowest BCUT2D eigenvalue weighted by Gasteiger charge is -2.02. The molecule has 4 heteroatoms. The van der Waals surface area contributed by atoms with Crippen molar-refractivity contribution in [3.63, 3.8) is 0 Å². The van der Waals surface area contributed by atoms with Gasteiger partial charge in [0.1, 0.15) is 5.65 Å². The number of nitrogens with one attached hydrogen (secondary N) is 2. The van der Waals surface area contributed by atoms with Crippen LogP contribution in [-0.4, -0.2) is 22.4 Å². The molecule has 0 aliphatic carbocycles. The van der Waals surface area contributed by atoms with E-state index in [0.717, 1.165) is 22.2 Å². The number of aryl methyl sites for hydroxylation is 1. The second-order valence-electron chi connectivity index (χ2n) is 4.82. The van der Waals surface area contributed by atoms with Crippen molar-refractivity contribution in [1.82, 2.24) is 15.3 Å². The van der Waals surface area contributed by atoms with E-state index in [2.05, 4.69) is 27.4 Å². The van der Waals surface area contributed by atoms with Crippen LogP contribution in [-0.2, 0) is 11.2 Å². The molecular weight excluding hydrogens is 250 g/mol. The zero-order valence-corrected chi connectivity index (χ0v) is 11.4. The minimum absolute atomic E-state index is 0.0750. The molecule has 0 radical (unpaired) electrons. The number of carbonyl (C=O) groups excluding carboxylic acids is 1. The first-order chi connectivity index (χ1) is 9.78. The zero-order chi connectivity index (χ0) is 13.9. The van der Waals surface area contributed by atoms with Crippen LogP contribution in [0.15, 0.2) is 36.4 Å². The molecule has 0 spiro atoms. The van der Waals surface area contributed by atoms with Gasteiger partial charge in [0.15, 0.2) is 0 Å². The van der Waals surface area contributed by atoms with E-state index >= 15 is 0 Å². The molecule has 2 N–H and O–H groups in total. The highest BCUT2D eigenvalue weighted by atomic mass is 16.1. The van der Waals surface area contributed by atoms with Gasteiger partial charge in [0, 0.05) is 34.9 Å². The van der Waals surface area contributed by atoms with E-state index in [-0.39, 0.29) is 5.91 Å². The molecule has 0 saturated carbocycles. The molecule has 0 aliphatic heterocycles. The Balaban J connectivity index is 1.87. The van der Waals surface area contributed by atoms with Crippen molar-refractivity contribution in [1.29, 1.82) is 0 Å². The van der Waals surface area contributed by atoms with E-state index in [0.29, 0.717) is 19.4 Å². The Morgan fingerprint density at radius 1 is 1.20 bits per heavy atom. The highest BCUT2D eigenvalue weighted by Crippen LogP contribution is 2.24. The van der Waals surface area contributed by atoms with Crippen LogP contribution >= 0.6 is 0 Å². The van der Waals surface area contributed by atoms with Gasteiger partial charge >= 0.3 is 0 Å². The van der Waals surface area contributed by atoms with Crippen LogP contribution in [0.4, 0.5) is 0 Å². The Kier molecular flexibility index (Phi) is 3.37. The predicted octanol–water partition coefficient (Wildman–Crippen LogP) is 2.78. The van der Waals surface area contributed by atoms with Gasteiger partial charge in [0.05, 0.1) is 0 Å². The molecule has 0 atom stereocenters. The van der Waals surface area contributed by atoms with Gasteiger partial charge < -0.3 is 10.3 Å². The highest BCUT2D eigenvalue weighted by molar-refractivity contribution is 6.05. The summed E-state index contributed by atoms with van der Waals surface area (Å²) in [4.78, 5) is 19.4. The summed E-state index contributed by atoms with van der Waals surface area (Å²) >= 11 is 0. The topological polar surface area (TPSA) is 57.8 Å². The largest absolute Gasteiger partial charge is 0.356 e. The molecule has 3 aromatic rings. The Hall–Kier alpha value is -2.36. The van der Waals surface area contributed by atoms with E-state index in [4.69, 9.17) is 0 Å². The molecular formula is C16H17N3O. The lowest BCUT2D eigenvalue weighted by atomic mass is 10.1. The number of aromatic amines is 1. The number of para-hydroxylation sites is 1. The third kappa shape index (κ3) is 2.37. The second-order valence-corrected chi connectivity index (χ2v) is 4.82. The molecule has 3 rings (SSSR count).